The number of nitrogens with one attached hydrogen (secondary N) is 1. The van der Waals surface area contributed by atoms with Crippen molar-refractivity contribution < 1.29 is 4.79 Å². The van der Waals surface area contributed by atoms with Crippen molar-refractivity contribution >= 4 is 23.2 Å². The van der Waals surface area contributed by atoms with Crippen LogP contribution in [0.2, 0.25) is 0 Å². The van der Waals surface area contributed by atoms with Gasteiger partial charge in [-0.25, -0.2) is 0 Å². The molecule has 0 aliphatic heterocycles. The molecule has 1 amide bonds. The predicted octanol–water partition coefficient (Wildman–Crippen LogP) is 2.06. The predicted molar refractivity (Wildman–Crippen MR) is 62.9 cm³/mol. The lowest BCUT2D eigenvalue weighted by Gasteiger charge is -2.07. The summed E-state index contributed by atoms with van der Waals surface area (Å²) < 4.78 is 0. The van der Waals surface area contributed by atoms with E-state index in [0.717, 1.165) is 5.56 Å². The van der Waals surface area contributed by atoms with Crippen LogP contribution in [0.15, 0.2) is 29.8 Å². The quantitative estimate of drug-likeness (QED) is 0.773. The summed E-state index contributed by atoms with van der Waals surface area (Å²) in [5, 5.41) is 3.03. The summed E-state index contributed by atoms with van der Waals surface area (Å²) in [6, 6.07) is 5.20. The van der Waals surface area contributed by atoms with Crippen molar-refractivity contribution in [1.82, 2.24) is 5.32 Å². The normalized spacial score (nSPS) is 9.73. The molecule has 1 aromatic carbocycles. The number of rotatable bonds is 3. The molecule has 1 aromatic rings. The Kier molecular flexibility index (Phi) is 3.74. The molecule has 0 saturated heterocycles. The average Bonchev–Trinajstić information content (AvgIpc) is 2.18. The molecular formula is C11H13ClN2O. The number of aryl methyl sites for hydroxylation is 1. The van der Waals surface area contributed by atoms with Gasteiger partial charge in [0.05, 0.1) is 6.54 Å². The molecule has 0 aromatic heterocycles. The Labute approximate surface area is 93.9 Å². The molecule has 0 bridgehead atoms. The maximum atomic E-state index is 11.7. The Bertz CT molecular complexity index is 402. The second-order valence-electron chi connectivity index (χ2n) is 3.27. The van der Waals surface area contributed by atoms with Gasteiger partial charge in [-0.05, 0) is 24.6 Å². The molecule has 0 fully saturated rings. The highest BCUT2D eigenvalue weighted by Gasteiger charge is 2.08. The van der Waals surface area contributed by atoms with Gasteiger partial charge in [0.1, 0.15) is 0 Å². The molecule has 3 nitrogen and oxygen atoms in total. The van der Waals surface area contributed by atoms with Crippen LogP contribution in [0.4, 0.5) is 5.69 Å². The molecule has 80 valence electrons. The first kappa shape index (κ1) is 11.6. The van der Waals surface area contributed by atoms with Gasteiger partial charge in [-0.2, -0.15) is 0 Å². The van der Waals surface area contributed by atoms with Gasteiger partial charge in [-0.1, -0.05) is 24.2 Å². The highest BCUT2D eigenvalue weighted by molar-refractivity contribution is 6.29. The van der Waals surface area contributed by atoms with Gasteiger partial charge in [-0.3, -0.25) is 4.79 Å². The van der Waals surface area contributed by atoms with Gasteiger partial charge in [0.25, 0.3) is 5.91 Å². The Hall–Kier alpha value is -1.48. The largest absolute Gasteiger partial charge is 0.399 e. The summed E-state index contributed by atoms with van der Waals surface area (Å²) in [6.07, 6.45) is 0. The van der Waals surface area contributed by atoms with Crippen molar-refractivity contribution in [2.24, 2.45) is 0 Å². The van der Waals surface area contributed by atoms with E-state index in [1.54, 1.807) is 18.2 Å². The van der Waals surface area contributed by atoms with Crippen molar-refractivity contribution in [3.8, 4) is 0 Å². The lowest BCUT2D eigenvalue weighted by molar-refractivity contribution is 0.0957. The van der Waals surface area contributed by atoms with E-state index in [-0.39, 0.29) is 12.5 Å². The second kappa shape index (κ2) is 4.84. The van der Waals surface area contributed by atoms with E-state index < -0.39 is 0 Å². The summed E-state index contributed by atoms with van der Waals surface area (Å²) in [6.45, 7) is 5.60. The minimum atomic E-state index is -0.193. The Morgan fingerprint density at radius 2 is 2.27 bits per heavy atom. The first-order chi connectivity index (χ1) is 7.00. The van der Waals surface area contributed by atoms with Crippen molar-refractivity contribution in [3.05, 3.63) is 40.9 Å². The molecule has 15 heavy (non-hydrogen) atoms. The highest BCUT2D eigenvalue weighted by Crippen LogP contribution is 2.12. The molecule has 1 rings (SSSR count). The molecule has 0 aliphatic rings. The molecule has 0 unspecified atom stereocenters. The van der Waals surface area contributed by atoms with Crippen molar-refractivity contribution in [2.75, 3.05) is 12.3 Å². The molecule has 0 aliphatic carbocycles. The number of anilines is 1. The first-order valence-corrected chi connectivity index (χ1v) is 4.86. The van der Waals surface area contributed by atoms with Crippen LogP contribution < -0.4 is 11.1 Å². The van der Waals surface area contributed by atoms with Crippen molar-refractivity contribution in [2.45, 2.75) is 6.92 Å². The van der Waals surface area contributed by atoms with Crippen LogP contribution in [0.3, 0.4) is 0 Å². The van der Waals surface area contributed by atoms with Crippen molar-refractivity contribution in [3.63, 3.8) is 0 Å². The average molecular weight is 225 g/mol. The minimum absolute atomic E-state index is 0.193. The molecule has 0 radical (unpaired) electrons. The summed E-state index contributed by atoms with van der Waals surface area (Å²) in [5.41, 5.74) is 7.60. The van der Waals surface area contributed by atoms with Gasteiger partial charge in [0.15, 0.2) is 0 Å². The lowest BCUT2D eigenvalue weighted by atomic mass is 10.1. The number of carbonyl (C=O) groups excluding carboxylic acids is 1. The first-order valence-electron chi connectivity index (χ1n) is 4.48. The third kappa shape index (κ3) is 3.29. The monoisotopic (exact) mass is 224 g/mol. The van der Waals surface area contributed by atoms with Crippen LogP contribution in [0, 0.1) is 6.92 Å². The smallest absolute Gasteiger partial charge is 0.251 e. The van der Waals surface area contributed by atoms with Crippen LogP contribution in [0.5, 0.6) is 0 Å². The Morgan fingerprint density at radius 3 is 2.87 bits per heavy atom. The molecule has 0 heterocycles. The molecule has 4 heteroatoms. The van der Waals surface area contributed by atoms with E-state index in [2.05, 4.69) is 11.9 Å². The lowest BCUT2D eigenvalue weighted by Crippen LogP contribution is -2.25. The maximum Gasteiger partial charge on any atom is 0.251 e. The van der Waals surface area contributed by atoms with Crippen LogP contribution in [0.25, 0.3) is 0 Å². The van der Waals surface area contributed by atoms with E-state index in [9.17, 15) is 4.79 Å². The zero-order valence-electron chi connectivity index (χ0n) is 8.51. The van der Waals surface area contributed by atoms with Crippen LogP contribution in [0.1, 0.15) is 15.9 Å². The molecule has 3 N–H and O–H groups in total. The van der Waals surface area contributed by atoms with E-state index in [1.807, 2.05) is 6.92 Å². The van der Waals surface area contributed by atoms with E-state index >= 15 is 0 Å². The van der Waals surface area contributed by atoms with Gasteiger partial charge in [-0.15, -0.1) is 0 Å². The zero-order valence-corrected chi connectivity index (χ0v) is 9.27. The summed E-state index contributed by atoms with van der Waals surface area (Å²) in [4.78, 5) is 11.7. The second-order valence-corrected chi connectivity index (χ2v) is 3.81. The summed E-state index contributed by atoms with van der Waals surface area (Å²) in [5.74, 6) is -0.193. The van der Waals surface area contributed by atoms with Crippen LogP contribution in [-0.2, 0) is 0 Å². The Morgan fingerprint density at radius 1 is 1.60 bits per heavy atom. The molecule has 0 spiro atoms. The third-order valence-corrected chi connectivity index (χ3v) is 2.08. The zero-order chi connectivity index (χ0) is 11.4. The maximum absolute atomic E-state index is 11.7. The van der Waals surface area contributed by atoms with Crippen LogP contribution in [-0.4, -0.2) is 12.5 Å². The number of nitrogen functional groups attached to an aromatic ring is 1. The SMILES string of the molecule is C=C(Cl)CNC(=O)c1cc(N)ccc1C. The topological polar surface area (TPSA) is 55.1 Å². The van der Waals surface area contributed by atoms with Gasteiger partial charge < -0.3 is 11.1 Å². The summed E-state index contributed by atoms with van der Waals surface area (Å²) in [7, 11) is 0. The molecule has 0 atom stereocenters. The minimum Gasteiger partial charge on any atom is -0.399 e. The van der Waals surface area contributed by atoms with Crippen molar-refractivity contribution in [1.29, 1.82) is 0 Å². The number of nitrogens with two attached hydrogens (primary N) is 1. The Balaban J connectivity index is 2.81. The standard InChI is InChI=1S/C11H13ClN2O/c1-7-3-4-9(13)5-10(7)11(15)14-6-8(2)12/h3-5H,2,6,13H2,1H3,(H,14,15). The fourth-order valence-electron chi connectivity index (χ4n) is 1.16. The number of halogens is 1. The number of amides is 1. The number of carbonyl (C=O) groups is 1. The fourth-order valence-corrected chi connectivity index (χ4v) is 1.22. The van der Waals surface area contributed by atoms with E-state index in [4.69, 9.17) is 17.3 Å². The molecular weight excluding hydrogens is 212 g/mol. The number of hydrogen-bond acceptors (Lipinski definition) is 2. The number of hydrogen-bond donors (Lipinski definition) is 2. The number of benzene rings is 1. The van der Waals surface area contributed by atoms with Gasteiger partial charge in [0, 0.05) is 16.3 Å². The van der Waals surface area contributed by atoms with Crippen LogP contribution >= 0.6 is 11.6 Å². The highest BCUT2D eigenvalue weighted by atomic mass is 35.5. The third-order valence-electron chi connectivity index (χ3n) is 1.95. The molecule has 0 saturated carbocycles. The van der Waals surface area contributed by atoms with E-state index in [1.165, 1.54) is 0 Å². The van der Waals surface area contributed by atoms with Gasteiger partial charge in [0.2, 0.25) is 0 Å². The fraction of sp³-hybridized carbons (Fsp3) is 0.182. The van der Waals surface area contributed by atoms with Gasteiger partial charge >= 0.3 is 0 Å². The summed E-state index contributed by atoms with van der Waals surface area (Å²) >= 11 is 5.55. The van der Waals surface area contributed by atoms with E-state index in [0.29, 0.717) is 16.3 Å².